The van der Waals surface area contributed by atoms with Gasteiger partial charge in [-0.15, -0.1) is 0 Å². The van der Waals surface area contributed by atoms with Gasteiger partial charge >= 0.3 is 0 Å². The summed E-state index contributed by atoms with van der Waals surface area (Å²) in [5, 5.41) is 14.7. The minimum atomic E-state index is -0.405. The Bertz CT molecular complexity index is 467. The number of nitro benzene ring substituents is 1. The zero-order valence-corrected chi connectivity index (χ0v) is 11.5. The minimum Gasteiger partial charge on any atom is -0.372 e. The van der Waals surface area contributed by atoms with E-state index in [2.05, 4.69) is 12.2 Å². The van der Waals surface area contributed by atoms with Crippen molar-refractivity contribution in [1.29, 1.82) is 0 Å². The van der Waals surface area contributed by atoms with Crippen LogP contribution in [0.25, 0.3) is 0 Å². The van der Waals surface area contributed by atoms with E-state index < -0.39 is 4.92 Å². The van der Waals surface area contributed by atoms with Gasteiger partial charge < -0.3 is 10.1 Å². The molecule has 0 aliphatic carbocycles. The highest BCUT2D eigenvalue weighted by atomic mass is 35.5. The number of nitrogens with zero attached hydrogens (tertiary/aromatic N) is 1. The molecule has 1 N–H and O–H groups in total. The van der Waals surface area contributed by atoms with Gasteiger partial charge in [-0.25, -0.2) is 0 Å². The standard InChI is InChI=1S/C13H17ClN2O3/c1-9-4-5-15-7-13(9)19-8-10-6-11(14)2-3-12(10)16(17)18/h2-3,6,9,13,15H,4-5,7-8H2,1H3. The molecule has 1 saturated heterocycles. The molecule has 0 amide bonds. The molecule has 1 aliphatic heterocycles. The number of piperidine rings is 1. The Labute approximate surface area is 117 Å². The van der Waals surface area contributed by atoms with E-state index in [1.54, 1.807) is 6.07 Å². The molecular formula is C13H17ClN2O3. The molecule has 1 heterocycles. The van der Waals surface area contributed by atoms with Crippen LogP contribution >= 0.6 is 11.6 Å². The summed E-state index contributed by atoms with van der Waals surface area (Å²) >= 11 is 5.88. The molecular weight excluding hydrogens is 268 g/mol. The summed E-state index contributed by atoms with van der Waals surface area (Å²) in [5.41, 5.74) is 0.580. The Morgan fingerprint density at radius 2 is 2.37 bits per heavy atom. The molecule has 5 nitrogen and oxygen atoms in total. The molecule has 0 spiro atoms. The van der Waals surface area contributed by atoms with E-state index in [0.717, 1.165) is 19.5 Å². The fraction of sp³-hybridized carbons (Fsp3) is 0.538. The van der Waals surface area contributed by atoms with E-state index in [1.165, 1.54) is 12.1 Å². The second-order valence-corrected chi connectivity index (χ2v) is 5.29. The van der Waals surface area contributed by atoms with Gasteiger partial charge in [-0.1, -0.05) is 18.5 Å². The Hall–Kier alpha value is -1.17. The van der Waals surface area contributed by atoms with Crippen LogP contribution in [0.2, 0.25) is 5.02 Å². The summed E-state index contributed by atoms with van der Waals surface area (Å²) in [7, 11) is 0. The van der Waals surface area contributed by atoms with E-state index in [1.807, 2.05) is 0 Å². The molecule has 0 saturated carbocycles. The number of nitrogens with one attached hydrogen (secondary N) is 1. The van der Waals surface area contributed by atoms with Crippen molar-refractivity contribution in [2.45, 2.75) is 26.1 Å². The zero-order chi connectivity index (χ0) is 13.8. The van der Waals surface area contributed by atoms with Crippen LogP contribution < -0.4 is 5.32 Å². The number of halogens is 1. The number of nitro groups is 1. The molecule has 1 fully saturated rings. The van der Waals surface area contributed by atoms with Gasteiger partial charge in [0, 0.05) is 17.6 Å². The molecule has 19 heavy (non-hydrogen) atoms. The first-order valence-corrected chi connectivity index (χ1v) is 6.71. The van der Waals surface area contributed by atoms with E-state index in [-0.39, 0.29) is 18.4 Å². The Morgan fingerprint density at radius 1 is 1.58 bits per heavy atom. The highest BCUT2D eigenvalue weighted by Gasteiger charge is 2.23. The average Bonchev–Trinajstić information content (AvgIpc) is 2.37. The van der Waals surface area contributed by atoms with Crippen LogP contribution in [0.15, 0.2) is 18.2 Å². The third-order valence-electron chi connectivity index (χ3n) is 3.45. The first-order valence-electron chi connectivity index (χ1n) is 6.33. The molecule has 1 aromatic rings. The smallest absolute Gasteiger partial charge is 0.275 e. The third-order valence-corrected chi connectivity index (χ3v) is 3.68. The molecule has 2 atom stereocenters. The quantitative estimate of drug-likeness (QED) is 0.682. The largest absolute Gasteiger partial charge is 0.372 e. The number of benzene rings is 1. The summed E-state index contributed by atoms with van der Waals surface area (Å²) in [6, 6.07) is 4.54. The summed E-state index contributed by atoms with van der Waals surface area (Å²) in [6.45, 7) is 4.14. The Kier molecular flexibility index (Phi) is 4.74. The van der Waals surface area contributed by atoms with Gasteiger partial charge in [0.1, 0.15) is 0 Å². The van der Waals surface area contributed by atoms with Crippen molar-refractivity contribution >= 4 is 17.3 Å². The highest BCUT2D eigenvalue weighted by Crippen LogP contribution is 2.25. The second kappa shape index (κ2) is 6.32. The maximum Gasteiger partial charge on any atom is 0.275 e. The lowest BCUT2D eigenvalue weighted by molar-refractivity contribution is -0.386. The van der Waals surface area contributed by atoms with Crippen LogP contribution in [-0.4, -0.2) is 24.1 Å². The lowest BCUT2D eigenvalue weighted by Crippen LogP contribution is -2.40. The van der Waals surface area contributed by atoms with Crippen molar-refractivity contribution in [3.05, 3.63) is 38.9 Å². The van der Waals surface area contributed by atoms with Gasteiger partial charge in [0.25, 0.3) is 5.69 Å². The first kappa shape index (κ1) is 14.2. The van der Waals surface area contributed by atoms with E-state index in [4.69, 9.17) is 16.3 Å². The average molecular weight is 285 g/mol. The van der Waals surface area contributed by atoms with Gasteiger partial charge in [-0.2, -0.15) is 0 Å². The van der Waals surface area contributed by atoms with Crippen molar-refractivity contribution in [2.24, 2.45) is 5.92 Å². The fourth-order valence-corrected chi connectivity index (χ4v) is 2.42. The minimum absolute atomic E-state index is 0.0563. The molecule has 0 bridgehead atoms. The summed E-state index contributed by atoms with van der Waals surface area (Å²) in [5.74, 6) is 0.458. The zero-order valence-electron chi connectivity index (χ0n) is 10.8. The van der Waals surface area contributed by atoms with Crippen molar-refractivity contribution in [1.82, 2.24) is 5.32 Å². The maximum absolute atomic E-state index is 10.9. The predicted octanol–water partition coefficient (Wildman–Crippen LogP) is 2.76. The predicted molar refractivity (Wildman–Crippen MR) is 73.3 cm³/mol. The van der Waals surface area contributed by atoms with Crippen molar-refractivity contribution in [2.75, 3.05) is 13.1 Å². The van der Waals surface area contributed by atoms with Gasteiger partial charge in [-0.05, 0) is 31.0 Å². The number of ether oxygens (including phenoxy) is 1. The molecule has 2 rings (SSSR count). The summed E-state index contributed by atoms with van der Waals surface area (Å²) < 4.78 is 5.80. The molecule has 104 valence electrons. The summed E-state index contributed by atoms with van der Waals surface area (Å²) in [4.78, 5) is 10.5. The van der Waals surface area contributed by atoms with Gasteiger partial charge in [0.15, 0.2) is 0 Å². The normalized spacial score (nSPS) is 23.3. The van der Waals surface area contributed by atoms with Gasteiger partial charge in [-0.3, -0.25) is 10.1 Å². The monoisotopic (exact) mass is 284 g/mol. The molecule has 1 aliphatic rings. The van der Waals surface area contributed by atoms with Crippen LogP contribution in [0.3, 0.4) is 0 Å². The molecule has 0 radical (unpaired) electrons. The third kappa shape index (κ3) is 3.65. The topological polar surface area (TPSA) is 64.4 Å². The Morgan fingerprint density at radius 3 is 3.05 bits per heavy atom. The Balaban J connectivity index is 2.05. The van der Waals surface area contributed by atoms with E-state index in [0.29, 0.717) is 16.5 Å². The van der Waals surface area contributed by atoms with Crippen LogP contribution in [0.5, 0.6) is 0 Å². The van der Waals surface area contributed by atoms with Crippen molar-refractivity contribution in [3.63, 3.8) is 0 Å². The lowest BCUT2D eigenvalue weighted by atomic mass is 9.97. The van der Waals surface area contributed by atoms with Crippen LogP contribution in [-0.2, 0) is 11.3 Å². The molecule has 6 heteroatoms. The molecule has 1 aromatic carbocycles. The number of hydrogen-bond acceptors (Lipinski definition) is 4. The number of rotatable bonds is 4. The summed E-state index contributed by atoms with van der Waals surface area (Å²) in [6.07, 6.45) is 1.15. The fourth-order valence-electron chi connectivity index (χ4n) is 2.23. The maximum atomic E-state index is 10.9. The second-order valence-electron chi connectivity index (χ2n) is 4.85. The van der Waals surface area contributed by atoms with E-state index in [9.17, 15) is 10.1 Å². The SMILES string of the molecule is CC1CCNCC1OCc1cc(Cl)ccc1[N+](=O)[O-]. The van der Waals surface area contributed by atoms with Crippen molar-refractivity contribution < 1.29 is 9.66 Å². The highest BCUT2D eigenvalue weighted by molar-refractivity contribution is 6.30. The van der Waals surface area contributed by atoms with Crippen LogP contribution in [0.1, 0.15) is 18.9 Å². The van der Waals surface area contributed by atoms with Crippen LogP contribution in [0, 0.1) is 16.0 Å². The van der Waals surface area contributed by atoms with E-state index >= 15 is 0 Å². The number of hydrogen-bond donors (Lipinski definition) is 1. The molecule has 2 unspecified atom stereocenters. The van der Waals surface area contributed by atoms with Gasteiger partial charge in [0.2, 0.25) is 0 Å². The first-order chi connectivity index (χ1) is 9.08. The molecule has 0 aromatic heterocycles. The van der Waals surface area contributed by atoms with Crippen LogP contribution in [0.4, 0.5) is 5.69 Å². The lowest BCUT2D eigenvalue weighted by Gasteiger charge is -2.29. The van der Waals surface area contributed by atoms with Crippen molar-refractivity contribution in [3.8, 4) is 0 Å². The van der Waals surface area contributed by atoms with Gasteiger partial charge in [0.05, 0.1) is 23.2 Å².